The Morgan fingerprint density at radius 1 is 1.17 bits per heavy atom. The van der Waals surface area contributed by atoms with Crippen LogP contribution >= 0.6 is 0 Å². The molecule has 1 fully saturated rings. The molecular weight excluding hydrogens is 384 g/mol. The van der Waals surface area contributed by atoms with E-state index in [0.717, 1.165) is 0 Å². The van der Waals surface area contributed by atoms with E-state index >= 15 is 0 Å². The van der Waals surface area contributed by atoms with Gasteiger partial charge >= 0.3 is 5.97 Å². The Labute approximate surface area is 168 Å². The fraction of sp³-hybridized carbons (Fsp3) is 0.706. The number of primary amides is 1. The summed E-state index contributed by atoms with van der Waals surface area (Å²) in [6.45, 7) is 0.305. The Balaban J connectivity index is 2.55. The van der Waals surface area contributed by atoms with Gasteiger partial charge in [-0.1, -0.05) is 0 Å². The van der Waals surface area contributed by atoms with Crippen molar-refractivity contribution in [1.82, 2.24) is 15.5 Å². The first-order chi connectivity index (χ1) is 13.7. The number of amides is 4. The van der Waals surface area contributed by atoms with Gasteiger partial charge in [0.2, 0.25) is 23.6 Å². The number of nitrogens with two attached hydrogens (primary N) is 3. The summed E-state index contributed by atoms with van der Waals surface area (Å²) in [7, 11) is 0. The van der Waals surface area contributed by atoms with Gasteiger partial charge in [-0.2, -0.15) is 0 Å². The van der Waals surface area contributed by atoms with Gasteiger partial charge in [-0.05, 0) is 38.6 Å². The number of likely N-dealkylation sites (tertiary alicyclic amines) is 1. The predicted molar refractivity (Wildman–Crippen MR) is 102 cm³/mol. The molecule has 0 bridgehead atoms. The Morgan fingerprint density at radius 2 is 1.86 bits per heavy atom. The molecule has 3 atom stereocenters. The smallest absolute Gasteiger partial charge is 0.326 e. The highest BCUT2D eigenvalue weighted by Crippen LogP contribution is 2.18. The molecule has 0 radical (unpaired) electrons. The average Bonchev–Trinajstić information content (AvgIpc) is 3.13. The van der Waals surface area contributed by atoms with Crippen LogP contribution in [0, 0.1) is 0 Å². The van der Waals surface area contributed by atoms with Crippen LogP contribution in [0.3, 0.4) is 0 Å². The average molecular weight is 414 g/mol. The quantitative estimate of drug-likeness (QED) is 0.181. The van der Waals surface area contributed by atoms with E-state index in [1.54, 1.807) is 0 Å². The molecule has 1 rings (SSSR count). The third-order valence-corrected chi connectivity index (χ3v) is 4.58. The van der Waals surface area contributed by atoms with E-state index in [4.69, 9.17) is 22.3 Å². The number of rotatable bonds is 12. The lowest BCUT2D eigenvalue weighted by atomic mass is 10.1. The molecule has 29 heavy (non-hydrogen) atoms. The van der Waals surface area contributed by atoms with Crippen LogP contribution in [0.15, 0.2) is 0 Å². The molecule has 12 nitrogen and oxygen atoms in total. The molecule has 1 saturated heterocycles. The van der Waals surface area contributed by atoms with Gasteiger partial charge < -0.3 is 37.8 Å². The standard InChI is InChI=1S/C17H30N6O6/c18-6-2-1-4-11(17(28)29)22-14(25)9-21-15(26)12-5-3-7-23(12)16(27)10(19)8-13(20)24/h10-12H,1-9,18-19H2,(H2,20,24)(H,21,26)(H,22,25)(H,28,29). The molecular formula is C17H30N6O6. The van der Waals surface area contributed by atoms with Crippen LogP contribution in [0.4, 0.5) is 0 Å². The summed E-state index contributed by atoms with van der Waals surface area (Å²) >= 11 is 0. The summed E-state index contributed by atoms with van der Waals surface area (Å²) < 4.78 is 0. The van der Waals surface area contributed by atoms with Crippen LogP contribution in [0.2, 0.25) is 0 Å². The van der Waals surface area contributed by atoms with E-state index in [9.17, 15) is 24.0 Å². The summed E-state index contributed by atoms with van der Waals surface area (Å²) in [5.41, 5.74) is 16.1. The van der Waals surface area contributed by atoms with Crippen LogP contribution in [0.1, 0.15) is 38.5 Å². The molecule has 0 saturated carbocycles. The SMILES string of the molecule is NCCCCC(NC(=O)CNC(=O)C1CCCN1C(=O)C(N)CC(N)=O)C(=O)O. The topological polar surface area (TPSA) is 211 Å². The highest BCUT2D eigenvalue weighted by Gasteiger charge is 2.36. The van der Waals surface area contributed by atoms with Gasteiger partial charge in [0.15, 0.2) is 0 Å². The van der Waals surface area contributed by atoms with E-state index in [-0.39, 0.29) is 12.8 Å². The van der Waals surface area contributed by atoms with Gasteiger partial charge in [0.25, 0.3) is 0 Å². The molecule has 12 heteroatoms. The second kappa shape index (κ2) is 12.0. The number of nitrogens with one attached hydrogen (secondary N) is 2. The van der Waals surface area contributed by atoms with E-state index in [1.807, 2.05) is 0 Å². The van der Waals surface area contributed by atoms with Gasteiger partial charge in [-0.25, -0.2) is 4.79 Å². The zero-order valence-corrected chi connectivity index (χ0v) is 16.3. The number of hydrogen-bond donors (Lipinski definition) is 6. The molecule has 0 spiro atoms. The lowest BCUT2D eigenvalue weighted by Crippen LogP contribution is -2.53. The van der Waals surface area contributed by atoms with Crippen LogP contribution in [0.25, 0.3) is 0 Å². The molecule has 9 N–H and O–H groups in total. The number of carbonyl (C=O) groups excluding carboxylic acids is 4. The summed E-state index contributed by atoms with van der Waals surface area (Å²) in [5.74, 6) is -3.65. The molecule has 1 aliphatic heterocycles. The number of unbranched alkanes of at least 4 members (excludes halogenated alkanes) is 1. The first kappa shape index (κ1) is 24.3. The van der Waals surface area contributed by atoms with Gasteiger partial charge in [-0.3, -0.25) is 19.2 Å². The Bertz CT molecular complexity index is 628. The Morgan fingerprint density at radius 3 is 2.45 bits per heavy atom. The minimum Gasteiger partial charge on any atom is -0.480 e. The van der Waals surface area contributed by atoms with Gasteiger partial charge in [0, 0.05) is 6.54 Å². The summed E-state index contributed by atoms with van der Waals surface area (Å²) in [6, 6.07) is -3.01. The second-order valence-electron chi connectivity index (χ2n) is 6.93. The van der Waals surface area contributed by atoms with Crippen molar-refractivity contribution < 1.29 is 29.1 Å². The zero-order valence-electron chi connectivity index (χ0n) is 16.3. The number of nitrogens with zero attached hydrogens (tertiary/aromatic N) is 1. The van der Waals surface area contributed by atoms with Crippen molar-refractivity contribution >= 4 is 29.6 Å². The number of carbonyl (C=O) groups is 5. The van der Waals surface area contributed by atoms with E-state index < -0.39 is 54.3 Å². The number of hydrogen-bond acceptors (Lipinski definition) is 7. The van der Waals surface area contributed by atoms with Crippen LogP contribution < -0.4 is 27.8 Å². The maximum Gasteiger partial charge on any atom is 0.326 e. The third-order valence-electron chi connectivity index (χ3n) is 4.58. The molecule has 0 aliphatic carbocycles. The van der Waals surface area contributed by atoms with Crippen molar-refractivity contribution in [3.8, 4) is 0 Å². The number of carboxylic acids is 1. The van der Waals surface area contributed by atoms with Crippen molar-refractivity contribution in [2.45, 2.75) is 56.7 Å². The monoisotopic (exact) mass is 414 g/mol. The molecule has 4 amide bonds. The number of carboxylic acid groups (broad SMARTS) is 1. The molecule has 0 aromatic rings. The van der Waals surface area contributed by atoms with Crippen molar-refractivity contribution in [1.29, 1.82) is 0 Å². The first-order valence-corrected chi connectivity index (χ1v) is 9.51. The van der Waals surface area contributed by atoms with Crippen LogP contribution in [-0.4, -0.2) is 77.4 Å². The second-order valence-corrected chi connectivity index (χ2v) is 6.93. The van der Waals surface area contributed by atoms with Crippen molar-refractivity contribution in [3.05, 3.63) is 0 Å². The Hall–Kier alpha value is -2.73. The highest BCUT2D eigenvalue weighted by atomic mass is 16.4. The predicted octanol–water partition coefficient (Wildman–Crippen LogP) is -3.01. The van der Waals surface area contributed by atoms with Gasteiger partial charge in [-0.15, -0.1) is 0 Å². The maximum atomic E-state index is 12.4. The van der Waals surface area contributed by atoms with E-state index in [2.05, 4.69) is 10.6 Å². The van der Waals surface area contributed by atoms with Crippen molar-refractivity contribution in [2.75, 3.05) is 19.6 Å². The van der Waals surface area contributed by atoms with E-state index in [0.29, 0.717) is 38.8 Å². The summed E-state index contributed by atoms with van der Waals surface area (Å²) in [5, 5.41) is 13.9. The highest BCUT2D eigenvalue weighted by molar-refractivity contribution is 5.94. The Kier molecular flexibility index (Phi) is 10.0. The zero-order chi connectivity index (χ0) is 22.0. The lowest BCUT2D eigenvalue weighted by Gasteiger charge is -2.26. The summed E-state index contributed by atoms with van der Waals surface area (Å²) in [6.07, 6.45) is 2.05. The number of aliphatic carboxylic acids is 1. The molecule has 1 heterocycles. The fourth-order valence-electron chi connectivity index (χ4n) is 3.10. The molecule has 3 unspecified atom stereocenters. The molecule has 0 aromatic heterocycles. The normalized spacial score (nSPS) is 18.0. The maximum absolute atomic E-state index is 12.4. The van der Waals surface area contributed by atoms with Crippen LogP contribution in [0.5, 0.6) is 0 Å². The molecule has 0 aromatic carbocycles. The minimum atomic E-state index is -1.17. The third kappa shape index (κ3) is 8.03. The fourth-order valence-corrected chi connectivity index (χ4v) is 3.10. The van der Waals surface area contributed by atoms with Gasteiger partial charge in [0.1, 0.15) is 12.1 Å². The van der Waals surface area contributed by atoms with Crippen molar-refractivity contribution in [2.24, 2.45) is 17.2 Å². The van der Waals surface area contributed by atoms with Crippen LogP contribution in [-0.2, 0) is 24.0 Å². The van der Waals surface area contributed by atoms with Crippen molar-refractivity contribution in [3.63, 3.8) is 0 Å². The summed E-state index contributed by atoms with van der Waals surface area (Å²) in [4.78, 5) is 60.1. The lowest BCUT2D eigenvalue weighted by molar-refractivity contribution is -0.142. The first-order valence-electron chi connectivity index (χ1n) is 9.51. The minimum absolute atomic E-state index is 0.231. The largest absolute Gasteiger partial charge is 0.480 e. The molecule has 1 aliphatic rings. The van der Waals surface area contributed by atoms with Gasteiger partial charge in [0.05, 0.1) is 19.0 Å². The van der Waals surface area contributed by atoms with E-state index in [1.165, 1.54) is 4.90 Å². The molecule has 164 valence electrons.